The quantitative estimate of drug-likeness (QED) is 0.698. The molecule has 0 aliphatic carbocycles. The highest BCUT2D eigenvalue weighted by atomic mass is 15.1. The van der Waals surface area contributed by atoms with Crippen LogP contribution < -0.4 is 11.5 Å². The molecule has 102 valence electrons. The maximum atomic E-state index is 5.90. The van der Waals surface area contributed by atoms with E-state index in [0.29, 0.717) is 17.4 Å². The molecule has 2 aromatic carbocycles. The number of fused-ring (bicyclic) bond motifs is 1. The summed E-state index contributed by atoms with van der Waals surface area (Å²) in [4.78, 5) is 4.74. The fourth-order valence-corrected chi connectivity index (χ4v) is 2.58. The Morgan fingerprint density at radius 3 is 2.30 bits per heavy atom. The van der Waals surface area contributed by atoms with Crippen molar-refractivity contribution in [3.05, 3.63) is 42.5 Å². The van der Waals surface area contributed by atoms with Gasteiger partial charge >= 0.3 is 0 Å². The maximum Gasteiger partial charge on any atom is 0.141 e. The van der Waals surface area contributed by atoms with E-state index >= 15 is 0 Å². The van der Waals surface area contributed by atoms with Gasteiger partial charge in [0.15, 0.2) is 0 Å². The molecule has 4 nitrogen and oxygen atoms in total. The van der Waals surface area contributed by atoms with Gasteiger partial charge in [0.25, 0.3) is 0 Å². The minimum Gasteiger partial charge on any atom is -0.399 e. The molecule has 1 aromatic heterocycles. The second kappa shape index (κ2) is 4.56. The molecule has 0 aliphatic rings. The second-order valence-corrected chi connectivity index (χ2v) is 5.28. The summed E-state index contributed by atoms with van der Waals surface area (Å²) < 4.78 is 2.21. The highest BCUT2D eigenvalue weighted by Crippen LogP contribution is 2.30. The largest absolute Gasteiger partial charge is 0.399 e. The Kier molecular flexibility index (Phi) is 2.86. The minimum absolute atomic E-state index is 0.306. The lowest BCUT2D eigenvalue weighted by molar-refractivity contribution is 0.624. The Bertz CT molecular complexity index is 751. The molecule has 0 radical (unpaired) electrons. The molecule has 0 saturated heterocycles. The first kappa shape index (κ1) is 12.5. The van der Waals surface area contributed by atoms with Crippen LogP contribution in [-0.4, -0.2) is 9.55 Å². The first-order valence-corrected chi connectivity index (χ1v) is 6.69. The molecule has 0 fully saturated rings. The van der Waals surface area contributed by atoms with Gasteiger partial charge in [-0.3, -0.25) is 0 Å². The molecule has 1 heterocycles. The molecule has 0 amide bonds. The number of nitrogens with two attached hydrogens (primary N) is 2. The van der Waals surface area contributed by atoms with Gasteiger partial charge in [-0.15, -0.1) is 0 Å². The number of benzene rings is 2. The summed E-state index contributed by atoms with van der Waals surface area (Å²) in [5.74, 6) is 0.903. The summed E-state index contributed by atoms with van der Waals surface area (Å²) in [6.45, 7) is 4.29. The normalized spacial score (nSPS) is 11.3. The topological polar surface area (TPSA) is 69.9 Å². The Labute approximate surface area is 118 Å². The van der Waals surface area contributed by atoms with E-state index in [0.717, 1.165) is 22.4 Å². The first-order valence-electron chi connectivity index (χ1n) is 6.69. The lowest BCUT2D eigenvalue weighted by Crippen LogP contribution is -2.03. The van der Waals surface area contributed by atoms with E-state index in [1.165, 1.54) is 0 Å². The van der Waals surface area contributed by atoms with Crippen LogP contribution in [-0.2, 0) is 0 Å². The van der Waals surface area contributed by atoms with Gasteiger partial charge in [-0.1, -0.05) is 12.1 Å². The third-order valence-electron chi connectivity index (χ3n) is 3.35. The number of anilines is 2. The van der Waals surface area contributed by atoms with Gasteiger partial charge in [0.2, 0.25) is 0 Å². The van der Waals surface area contributed by atoms with Gasteiger partial charge in [0.1, 0.15) is 5.82 Å². The highest BCUT2D eigenvalue weighted by Gasteiger charge is 2.15. The summed E-state index contributed by atoms with van der Waals surface area (Å²) in [5, 5.41) is 0. The number of hydrogen-bond acceptors (Lipinski definition) is 3. The number of rotatable bonds is 2. The number of aromatic nitrogens is 2. The minimum atomic E-state index is 0.306. The van der Waals surface area contributed by atoms with Crippen LogP contribution in [0.2, 0.25) is 0 Å². The van der Waals surface area contributed by atoms with Crippen molar-refractivity contribution in [2.45, 2.75) is 19.9 Å². The Morgan fingerprint density at radius 2 is 1.65 bits per heavy atom. The van der Waals surface area contributed by atoms with Crippen LogP contribution in [0.1, 0.15) is 19.9 Å². The predicted molar refractivity (Wildman–Crippen MR) is 84.4 cm³/mol. The van der Waals surface area contributed by atoms with Crippen molar-refractivity contribution >= 4 is 22.4 Å². The van der Waals surface area contributed by atoms with Crippen molar-refractivity contribution in [2.24, 2.45) is 0 Å². The SMILES string of the molecule is CC(C)n1c(-c2cc(N)cc(N)c2)nc2ccccc21. The average Bonchev–Trinajstić information content (AvgIpc) is 2.76. The number of imidazole rings is 1. The Balaban J connectivity index is 2.32. The fourth-order valence-electron chi connectivity index (χ4n) is 2.58. The molecule has 0 bridgehead atoms. The van der Waals surface area contributed by atoms with Crippen LogP contribution in [0.25, 0.3) is 22.4 Å². The van der Waals surface area contributed by atoms with E-state index in [1.807, 2.05) is 30.3 Å². The molecule has 20 heavy (non-hydrogen) atoms. The fraction of sp³-hybridized carbons (Fsp3) is 0.188. The van der Waals surface area contributed by atoms with Crippen LogP contribution in [0.15, 0.2) is 42.5 Å². The van der Waals surface area contributed by atoms with E-state index in [9.17, 15) is 0 Å². The van der Waals surface area contributed by atoms with Gasteiger partial charge in [-0.05, 0) is 44.2 Å². The highest BCUT2D eigenvalue weighted by molar-refractivity contribution is 5.82. The van der Waals surface area contributed by atoms with Crippen molar-refractivity contribution in [3.63, 3.8) is 0 Å². The standard InChI is InChI=1S/C16H18N4/c1-10(2)20-15-6-4-3-5-14(15)19-16(20)11-7-12(17)9-13(18)8-11/h3-10H,17-18H2,1-2H3. The summed E-state index contributed by atoms with van der Waals surface area (Å²) in [6.07, 6.45) is 0. The number of nitrogen functional groups attached to an aromatic ring is 2. The summed E-state index contributed by atoms with van der Waals surface area (Å²) in [7, 11) is 0. The number of hydrogen-bond donors (Lipinski definition) is 2. The lowest BCUT2D eigenvalue weighted by atomic mass is 10.1. The number of nitrogens with zero attached hydrogens (tertiary/aromatic N) is 2. The molecule has 3 rings (SSSR count). The maximum absolute atomic E-state index is 5.90. The molecular formula is C16H18N4. The van der Waals surface area contributed by atoms with E-state index in [-0.39, 0.29) is 0 Å². The second-order valence-electron chi connectivity index (χ2n) is 5.28. The molecule has 0 unspecified atom stereocenters. The summed E-state index contributed by atoms with van der Waals surface area (Å²) >= 11 is 0. The molecule has 0 spiro atoms. The number of para-hydroxylation sites is 2. The predicted octanol–water partition coefficient (Wildman–Crippen LogP) is 3.45. The molecule has 0 atom stereocenters. The smallest absolute Gasteiger partial charge is 0.141 e. The zero-order chi connectivity index (χ0) is 14.3. The zero-order valence-electron chi connectivity index (χ0n) is 11.7. The van der Waals surface area contributed by atoms with E-state index < -0.39 is 0 Å². The third-order valence-corrected chi connectivity index (χ3v) is 3.35. The first-order chi connectivity index (χ1) is 9.56. The van der Waals surface area contributed by atoms with Crippen LogP contribution in [0.5, 0.6) is 0 Å². The summed E-state index contributed by atoms with van der Waals surface area (Å²) in [6, 6.07) is 14.0. The molecule has 4 N–H and O–H groups in total. The van der Waals surface area contributed by atoms with Crippen molar-refractivity contribution in [3.8, 4) is 11.4 Å². The van der Waals surface area contributed by atoms with Crippen LogP contribution >= 0.6 is 0 Å². The van der Waals surface area contributed by atoms with Gasteiger partial charge in [-0.2, -0.15) is 0 Å². The Morgan fingerprint density at radius 1 is 1.00 bits per heavy atom. The van der Waals surface area contributed by atoms with E-state index in [2.05, 4.69) is 24.5 Å². The van der Waals surface area contributed by atoms with Gasteiger partial charge < -0.3 is 16.0 Å². The monoisotopic (exact) mass is 266 g/mol. The third kappa shape index (κ3) is 1.99. The summed E-state index contributed by atoms with van der Waals surface area (Å²) in [5.41, 5.74) is 16.2. The lowest BCUT2D eigenvalue weighted by Gasteiger charge is -2.13. The van der Waals surface area contributed by atoms with Crippen LogP contribution in [0.4, 0.5) is 11.4 Å². The van der Waals surface area contributed by atoms with Crippen LogP contribution in [0.3, 0.4) is 0 Å². The average molecular weight is 266 g/mol. The van der Waals surface area contributed by atoms with Crippen LogP contribution in [0, 0.1) is 0 Å². The molecule has 0 saturated carbocycles. The van der Waals surface area contributed by atoms with Crippen molar-refractivity contribution in [2.75, 3.05) is 11.5 Å². The Hall–Kier alpha value is -2.49. The van der Waals surface area contributed by atoms with E-state index in [4.69, 9.17) is 16.5 Å². The van der Waals surface area contributed by atoms with Crippen molar-refractivity contribution < 1.29 is 0 Å². The van der Waals surface area contributed by atoms with Crippen molar-refractivity contribution in [1.82, 2.24) is 9.55 Å². The van der Waals surface area contributed by atoms with Gasteiger partial charge in [0, 0.05) is 23.0 Å². The van der Waals surface area contributed by atoms with Gasteiger partial charge in [0.05, 0.1) is 11.0 Å². The molecule has 4 heteroatoms. The van der Waals surface area contributed by atoms with E-state index in [1.54, 1.807) is 6.07 Å². The molecular weight excluding hydrogens is 248 g/mol. The molecule has 3 aromatic rings. The zero-order valence-corrected chi connectivity index (χ0v) is 11.7. The molecule has 0 aliphatic heterocycles. The van der Waals surface area contributed by atoms with Crippen molar-refractivity contribution in [1.29, 1.82) is 0 Å². The van der Waals surface area contributed by atoms with Gasteiger partial charge in [-0.25, -0.2) is 4.98 Å².